The average Bonchev–Trinajstić information content (AvgIpc) is 2.07. The average molecular weight is 300 g/mol. The van der Waals surface area contributed by atoms with Crippen molar-refractivity contribution in [3.63, 3.8) is 0 Å². The molecule has 0 spiro atoms. The highest BCUT2D eigenvalue weighted by Gasteiger charge is 2.29. The smallest absolute Gasteiger partial charge is 0.211 e. The van der Waals surface area contributed by atoms with Gasteiger partial charge in [-0.2, -0.15) is 4.31 Å². The van der Waals surface area contributed by atoms with Crippen LogP contribution in [-0.4, -0.2) is 51.8 Å². The fraction of sp³-hybridized carbons (Fsp3) is 1.00. The number of rotatable bonds is 7. The van der Waals surface area contributed by atoms with E-state index in [0.717, 1.165) is 6.26 Å². The summed E-state index contributed by atoms with van der Waals surface area (Å²) in [5.41, 5.74) is -0.566. The molecule has 0 rings (SSSR count). The molecular weight excluding hydrogens is 276 g/mol. The van der Waals surface area contributed by atoms with Gasteiger partial charge in [0.25, 0.3) is 0 Å². The molecule has 0 aromatic rings. The number of nitrogens with zero attached hydrogens (tertiary/aromatic N) is 1. The molecule has 0 saturated carbocycles. The van der Waals surface area contributed by atoms with E-state index in [-0.39, 0.29) is 18.8 Å². The summed E-state index contributed by atoms with van der Waals surface area (Å²) in [6, 6.07) is 0. The van der Waals surface area contributed by atoms with Crippen LogP contribution in [0.3, 0.4) is 0 Å². The highest BCUT2D eigenvalue weighted by atomic mass is 32.2. The maximum absolute atomic E-state index is 11.6. The van der Waals surface area contributed by atoms with Crippen LogP contribution in [0.25, 0.3) is 0 Å². The van der Waals surface area contributed by atoms with Crippen LogP contribution in [0, 0.1) is 0 Å². The maximum atomic E-state index is 11.6. The van der Waals surface area contributed by atoms with Crippen LogP contribution in [0.4, 0.5) is 0 Å². The molecule has 6 nitrogen and oxygen atoms in total. The van der Waals surface area contributed by atoms with Gasteiger partial charge in [-0.1, -0.05) is 6.92 Å². The number of sulfonamides is 2. The number of nitrogens with one attached hydrogen (secondary N) is 1. The van der Waals surface area contributed by atoms with Crippen molar-refractivity contribution >= 4 is 20.0 Å². The van der Waals surface area contributed by atoms with Crippen LogP contribution in [0.15, 0.2) is 0 Å². The van der Waals surface area contributed by atoms with Crippen LogP contribution in [0.1, 0.15) is 34.1 Å². The molecule has 1 N–H and O–H groups in total. The van der Waals surface area contributed by atoms with Crippen LogP contribution in [0.5, 0.6) is 0 Å². The van der Waals surface area contributed by atoms with E-state index in [0.29, 0.717) is 6.42 Å². The van der Waals surface area contributed by atoms with Crippen molar-refractivity contribution < 1.29 is 16.8 Å². The van der Waals surface area contributed by atoms with Crippen molar-refractivity contribution in [2.75, 3.05) is 25.1 Å². The molecule has 0 heterocycles. The molecule has 8 heteroatoms. The molecule has 0 aliphatic carbocycles. The van der Waals surface area contributed by atoms with Gasteiger partial charge in [-0.05, 0) is 27.2 Å². The molecule has 0 unspecified atom stereocenters. The van der Waals surface area contributed by atoms with Crippen molar-refractivity contribution in [3.05, 3.63) is 0 Å². The Morgan fingerprint density at radius 2 is 1.61 bits per heavy atom. The topological polar surface area (TPSA) is 83.6 Å². The summed E-state index contributed by atoms with van der Waals surface area (Å²) in [6.45, 7) is 7.31. The lowest BCUT2D eigenvalue weighted by Gasteiger charge is -2.33. The minimum atomic E-state index is -3.35. The van der Waals surface area contributed by atoms with E-state index in [1.165, 1.54) is 4.31 Å². The first-order valence-electron chi connectivity index (χ1n) is 5.85. The second-order valence-electron chi connectivity index (χ2n) is 5.22. The van der Waals surface area contributed by atoms with Gasteiger partial charge < -0.3 is 0 Å². The Hall–Kier alpha value is -0.180. The Kier molecular flexibility index (Phi) is 6.25. The molecule has 18 heavy (non-hydrogen) atoms. The normalized spacial score (nSPS) is 14.1. The Bertz CT molecular complexity index is 449. The van der Waals surface area contributed by atoms with Gasteiger partial charge in [-0.15, -0.1) is 0 Å². The van der Waals surface area contributed by atoms with E-state index in [1.807, 2.05) is 0 Å². The summed E-state index contributed by atoms with van der Waals surface area (Å²) >= 11 is 0. The van der Waals surface area contributed by atoms with E-state index in [9.17, 15) is 16.8 Å². The van der Waals surface area contributed by atoms with E-state index in [2.05, 4.69) is 4.72 Å². The first-order chi connectivity index (χ1) is 7.90. The summed E-state index contributed by atoms with van der Waals surface area (Å²) in [6.07, 6.45) is 1.66. The van der Waals surface area contributed by atoms with Crippen LogP contribution in [0.2, 0.25) is 0 Å². The zero-order chi connectivity index (χ0) is 14.6. The van der Waals surface area contributed by atoms with Gasteiger partial charge in [-0.3, -0.25) is 0 Å². The SMILES string of the molecule is CCCS(=O)(=O)NCCN(C(C)(C)C)S(C)(=O)=O. The maximum Gasteiger partial charge on any atom is 0.211 e. The molecule has 110 valence electrons. The fourth-order valence-corrected chi connectivity index (χ4v) is 4.14. The van der Waals surface area contributed by atoms with Crippen molar-refractivity contribution in [1.29, 1.82) is 0 Å². The van der Waals surface area contributed by atoms with Crippen molar-refractivity contribution in [3.8, 4) is 0 Å². The number of hydrogen-bond acceptors (Lipinski definition) is 4. The van der Waals surface area contributed by atoms with E-state index in [4.69, 9.17) is 0 Å². The van der Waals surface area contributed by atoms with Crippen LogP contribution >= 0.6 is 0 Å². The molecular formula is C10H24N2O4S2. The Labute approximate surface area is 111 Å². The fourth-order valence-electron chi connectivity index (χ4n) is 1.64. The number of hydrogen-bond donors (Lipinski definition) is 1. The van der Waals surface area contributed by atoms with E-state index >= 15 is 0 Å². The second kappa shape index (κ2) is 6.31. The summed E-state index contributed by atoms with van der Waals surface area (Å²) in [5.74, 6) is 0.0569. The highest BCUT2D eigenvalue weighted by Crippen LogP contribution is 2.16. The summed E-state index contributed by atoms with van der Waals surface area (Å²) < 4.78 is 49.8. The minimum Gasteiger partial charge on any atom is -0.214 e. The predicted octanol–water partition coefficient (Wildman–Crippen LogP) is 0.376. The first-order valence-corrected chi connectivity index (χ1v) is 9.35. The van der Waals surface area contributed by atoms with E-state index < -0.39 is 25.6 Å². The van der Waals surface area contributed by atoms with Crippen LogP contribution in [-0.2, 0) is 20.0 Å². The summed E-state index contributed by atoms with van der Waals surface area (Å²) in [5, 5.41) is 0. The lowest BCUT2D eigenvalue weighted by atomic mass is 10.1. The minimum absolute atomic E-state index is 0.0569. The molecule has 0 aromatic carbocycles. The van der Waals surface area contributed by atoms with E-state index in [1.54, 1.807) is 27.7 Å². The monoisotopic (exact) mass is 300 g/mol. The van der Waals surface area contributed by atoms with Crippen molar-refractivity contribution in [1.82, 2.24) is 9.03 Å². The third-order valence-electron chi connectivity index (χ3n) is 2.26. The Morgan fingerprint density at radius 1 is 1.11 bits per heavy atom. The lowest BCUT2D eigenvalue weighted by Crippen LogP contribution is -2.48. The van der Waals surface area contributed by atoms with Gasteiger partial charge >= 0.3 is 0 Å². The molecule has 0 radical (unpaired) electrons. The molecule has 0 amide bonds. The van der Waals surface area contributed by atoms with Gasteiger partial charge in [0.05, 0.1) is 12.0 Å². The summed E-state index contributed by atoms with van der Waals surface area (Å²) in [7, 11) is -6.64. The largest absolute Gasteiger partial charge is 0.214 e. The highest BCUT2D eigenvalue weighted by molar-refractivity contribution is 7.89. The van der Waals surface area contributed by atoms with Crippen molar-refractivity contribution in [2.45, 2.75) is 39.7 Å². The molecule has 0 fully saturated rings. The molecule has 0 aliphatic heterocycles. The quantitative estimate of drug-likeness (QED) is 0.736. The van der Waals surface area contributed by atoms with Crippen LogP contribution < -0.4 is 4.72 Å². The Balaban J connectivity index is 4.59. The predicted molar refractivity (Wildman–Crippen MR) is 73.4 cm³/mol. The Morgan fingerprint density at radius 3 is 1.94 bits per heavy atom. The first kappa shape index (κ1) is 17.8. The molecule has 0 aliphatic rings. The van der Waals surface area contributed by atoms with Gasteiger partial charge in [0.2, 0.25) is 20.0 Å². The third kappa shape index (κ3) is 6.67. The van der Waals surface area contributed by atoms with Gasteiger partial charge in [0.1, 0.15) is 0 Å². The zero-order valence-corrected chi connectivity index (χ0v) is 13.4. The van der Waals surface area contributed by atoms with Gasteiger partial charge in [0, 0.05) is 18.6 Å². The molecule has 0 bridgehead atoms. The zero-order valence-electron chi connectivity index (χ0n) is 11.7. The second-order valence-corrected chi connectivity index (χ2v) is 9.05. The third-order valence-corrected chi connectivity index (χ3v) is 5.38. The standard InChI is InChI=1S/C10H24N2O4S2/c1-6-9-18(15,16)11-7-8-12(10(2,3)4)17(5,13)14/h11H,6-9H2,1-5H3. The molecule has 0 aromatic heterocycles. The summed E-state index contributed by atoms with van der Waals surface area (Å²) in [4.78, 5) is 0. The molecule has 0 atom stereocenters. The van der Waals surface area contributed by atoms with Crippen molar-refractivity contribution in [2.24, 2.45) is 0 Å². The molecule has 0 saturated heterocycles. The lowest BCUT2D eigenvalue weighted by molar-refractivity contribution is 0.254. The van der Waals surface area contributed by atoms with Gasteiger partial charge in [0.15, 0.2) is 0 Å². The van der Waals surface area contributed by atoms with Gasteiger partial charge in [-0.25, -0.2) is 21.6 Å².